The van der Waals surface area contributed by atoms with Gasteiger partial charge in [-0.2, -0.15) is 0 Å². The number of carbonyl (C=O) groups excluding carboxylic acids is 1. The fraction of sp³-hybridized carbons (Fsp3) is 0.208. The number of aliphatic hydroxyl groups excluding tert-OH is 1. The fourth-order valence-corrected chi connectivity index (χ4v) is 4.59. The van der Waals surface area contributed by atoms with Crippen molar-refractivity contribution in [1.82, 2.24) is 5.32 Å². The van der Waals surface area contributed by atoms with E-state index in [1.165, 1.54) is 31.2 Å². The molecule has 0 saturated carbocycles. The lowest BCUT2D eigenvalue weighted by atomic mass is 10.1. The minimum absolute atomic E-state index is 0.123. The second-order valence-electron chi connectivity index (χ2n) is 7.24. The molecule has 0 aromatic heterocycles. The number of esters is 1. The van der Waals surface area contributed by atoms with E-state index in [1.54, 1.807) is 42.5 Å². The van der Waals surface area contributed by atoms with E-state index in [-0.39, 0.29) is 9.79 Å². The molecule has 0 aliphatic carbocycles. The largest absolute Gasteiger partial charge is 0.427 e. The number of nitrogens with one attached hydrogen (secondary N) is 1. The van der Waals surface area contributed by atoms with E-state index in [2.05, 4.69) is 5.32 Å². The van der Waals surface area contributed by atoms with E-state index in [0.717, 1.165) is 11.1 Å². The van der Waals surface area contributed by atoms with E-state index < -0.39 is 21.9 Å². The first-order chi connectivity index (χ1) is 15.3. The van der Waals surface area contributed by atoms with Crippen LogP contribution in [-0.4, -0.2) is 32.6 Å². The van der Waals surface area contributed by atoms with Crippen molar-refractivity contribution in [2.75, 3.05) is 13.1 Å². The summed E-state index contributed by atoms with van der Waals surface area (Å²) in [4.78, 5) is 11.3. The Hall–Kier alpha value is -2.71. The van der Waals surface area contributed by atoms with Crippen LogP contribution >= 0.6 is 11.6 Å². The van der Waals surface area contributed by atoms with Crippen LogP contribution in [-0.2, 0) is 21.1 Å². The number of aliphatic hydroxyl groups is 1. The highest BCUT2D eigenvalue weighted by Gasteiger charge is 2.17. The molecule has 0 saturated heterocycles. The van der Waals surface area contributed by atoms with Crippen molar-refractivity contribution in [2.45, 2.75) is 29.2 Å². The van der Waals surface area contributed by atoms with E-state index in [4.69, 9.17) is 16.3 Å². The average molecular weight is 474 g/mol. The highest BCUT2D eigenvalue weighted by Crippen LogP contribution is 2.24. The molecule has 168 valence electrons. The summed E-state index contributed by atoms with van der Waals surface area (Å²) < 4.78 is 30.6. The molecule has 0 amide bonds. The zero-order chi connectivity index (χ0) is 23.1. The van der Waals surface area contributed by atoms with Crippen molar-refractivity contribution in [1.29, 1.82) is 0 Å². The second kappa shape index (κ2) is 10.7. The van der Waals surface area contributed by atoms with Gasteiger partial charge in [-0.05, 0) is 72.6 Å². The summed E-state index contributed by atoms with van der Waals surface area (Å²) in [5.41, 5.74) is 1.72. The first-order valence-electron chi connectivity index (χ1n) is 10.0. The lowest BCUT2D eigenvalue weighted by molar-refractivity contribution is -0.131. The Morgan fingerprint density at radius 2 is 1.66 bits per heavy atom. The molecular weight excluding hydrogens is 450 g/mol. The Bertz CT molecular complexity index is 1160. The Balaban J connectivity index is 1.54. The maximum absolute atomic E-state index is 12.8. The molecule has 0 aliphatic rings. The standard InChI is InChI=1S/C24H24ClNO5S/c1-17(27)31-21-7-11-23(12-8-21)32(29,30)22-9-5-18(6-10-22)13-14-26-16-24(28)19-3-2-4-20(25)15-19/h2-12,15,24,26,28H,13-14,16H2,1H3/t24-/m0/s1. The Kier molecular flexibility index (Phi) is 8.04. The summed E-state index contributed by atoms with van der Waals surface area (Å²) in [6, 6.07) is 19.5. The lowest BCUT2D eigenvalue weighted by Crippen LogP contribution is -2.23. The lowest BCUT2D eigenvalue weighted by Gasteiger charge is -2.13. The predicted octanol–water partition coefficient (Wildman–Crippen LogP) is 3.96. The molecule has 8 heteroatoms. The molecule has 0 heterocycles. The van der Waals surface area contributed by atoms with Crippen LogP contribution in [0.25, 0.3) is 0 Å². The first kappa shape index (κ1) is 23.9. The van der Waals surface area contributed by atoms with Crippen LogP contribution in [0.5, 0.6) is 5.75 Å². The van der Waals surface area contributed by atoms with Gasteiger partial charge in [-0.25, -0.2) is 8.42 Å². The van der Waals surface area contributed by atoms with Crippen molar-refractivity contribution in [3.05, 3.63) is 88.9 Å². The van der Waals surface area contributed by atoms with Crippen LogP contribution in [0.1, 0.15) is 24.2 Å². The Morgan fingerprint density at radius 1 is 1.03 bits per heavy atom. The van der Waals surface area contributed by atoms with Gasteiger partial charge in [-0.3, -0.25) is 4.79 Å². The minimum atomic E-state index is -3.67. The summed E-state index contributed by atoms with van der Waals surface area (Å²) in [6.07, 6.45) is 0.0214. The molecule has 0 radical (unpaired) electrons. The molecule has 32 heavy (non-hydrogen) atoms. The van der Waals surface area contributed by atoms with Gasteiger partial charge in [0.15, 0.2) is 0 Å². The van der Waals surface area contributed by atoms with Crippen LogP contribution in [0.15, 0.2) is 82.6 Å². The summed E-state index contributed by atoms with van der Waals surface area (Å²) in [6.45, 7) is 2.29. The maximum Gasteiger partial charge on any atom is 0.308 e. The normalized spacial score (nSPS) is 12.3. The van der Waals surface area contributed by atoms with Gasteiger partial charge in [0, 0.05) is 18.5 Å². The van der Waals surface area contributed by atoms with Crippen molar-refractivity contribution < 1.29 is 23.1 Å². The van der Waals surface area contributed by atoms with Crippen LogP contribution < -0.4 is 10.1 Å². The molecule has 3 rings (SSSR count). The van der Waals surface area contributed by atoms with Crippen molar-refractivity contribution in [2.24, 2.45) is 0 Å². The number of hydrogen-bond acceptors (Lipinski definition) is 6. The number of halogens is 1. The molecule has 0 fully saturated rings. The van der Waals surface area contributed by atoms with E-state index in [1.807, 2.05) is 6.07 Å². The van der Waals surface area contributed by atoms with Crippen molar-refractivity contribution in [3.8, 4) is 5.75 Å². The van der Waals surface area contributed by atoms with E-state index in [0.29, 0.717) is 30.3 Å². The van der Waals surface area contributed by atoms with E-state index in [9.17, 15) is 18.3 Å². The predicted molar refractivity (Wildman–Crippen MR) is 123 cm³/mol. The van der Waals surface area contributed by atoms with Gasteiger partial charge in [0.25, 0.3) is 0 Å². The zero-order valence-electron chi connectivity index (χ0n) is 17.5. The molecule has 0 bridgehead atoms. The quantitative estimate of drug-likeness (QED) is 0.277. The van der Waals surface area contributed by atoms with Crippen molar-refractivity contribution in [3.63, 3.8) is 0 Å². The number of ether oxygens (including phenoxy) is 1. The Morgan fingerprint density at radius 3 is 2.25 bits per heavy atom. The highest BCUT2D eigenvalue weighted by molar-refractivity contribution is 7.91. The molecule has 6 nitrogen and oxygen atoms in total. The topological polar surface area (TPSA) is 92.7 Å². The van der Waals surface area contributed by atoms with Gasteiger partial charge in [0.1, 0.15) is 5.75 Å². The molecule has 3 aromatic rings. The third-order valence-corrected chi connectivity index (χ3v) is 6.81. The van der Waals surface area contributed by atoms with Gasteiger partial charge in [0.2, 0.25) is 9.84 Å². The number of sulfone groups is 1. The van der Waals surface area contributed by atoms with E-state index >= 15 is 0 Å². The molecule has 1 atom stereocenters. The van der Waals surface area contributed by atoms with Crippen LogP contribution in [0.4, 0.5) is 0 Å². The molecule has 0 unspecified atom stereocenters. The molecular formula is C24H24ClNO5S. The molecule has 2 N–H and O–H groups in total. The number of hydrogen-bond donors (Lipinski definition) is 2. The summed E-state index contributed by atoms with van der Waals surface area (Å²) in [5, 5.41) is 14.0. The third kappa shape index (κ3) is 6.40. The van der Waals surface area contributed by atoms with Crippen LogP contribution in [0.3, 0.4) is 0 Å². The number of carbonyl (C=O) groups is 1. The monoisotopic (exact) mass is 473 g/mol. The Labute approximate surface area is 192 Å². The summed E-state index contributed by atoms with van der Waals surface area (Å²) in [7, 11) is -3.67. The van der Waals surface area contributed by atoms with Gasteiger partial charge in [-0.1, -0.05) is 35.9 Å². The second-order valence-corrected chi connectivity index (χ2v) is 9.62. The molecule has 0 spiro atoms. The first-order valence-corrected chi connectivity index (χ1v) is 11.9. The van der Waals surface area contributed by atoms with Crippen LogP contribution in [0.2, 0.25) is 5.02 Å². The fourth-order valence-electron chi connectivity index (χ4n) is 3.13. The summed E-state index contributed by atoms with van der Waals surface area (Å²) in [5.74, 6) is -0.176. The maximum atomic E-state index is 12.8. The highest BCUT2D eigenvalue weighted by atomic mass is 35.5. The van der Waals surface area contributed by atoms with Gasteiger partial charge in [0.05, 0.1) is 15.9 Å². The average Bonchev–Trinajstić information content (AvgIpc) is 2.77. The third-order valence-electron chi connectivity index (χ3n) is 4.79. The molecule has 3 aromatic carbocycles. The smallest absolute Gasteiger partial charge is 0.308 e. The number of benzene rings is 3. The van der Waals surface area contributed by atoms with Gasteiger partial charge in [-0.15, -0.1) is 0 Å². The SMILES string of the molecule is CC(=O)Oc1ccc(S(=O)(=O)c2ccc(CCNC[C@H](O)c3cccc(Cl)c3)cc2)cc1. The molecule has 0 aliphatic heterocycles. The van der Waals surface area contributed by atoms with Gasteiger partial charge >= 0.3 is 5.97 Å². The summed E-state index contributed by atoms with van der Waals surface area (Å²) >= 11 is 5.95. The van der Waals surface area contributed by atoms with Gasteiger partial charge < -0.3 is 15.2 Å². The number of rotatable bonds is 9. The van der Waals surface area contributed by atoms with Crippen molar-refractivity contribution >= 4 is 27.4 Å². The van der Waals surface area contributed by atoms with Crippen LogP contribution in [0, 0.1) is 0 Å². The zero-order valence-corrected chi connectivity index (χ0v) is 19.1. The minimum Gasteiger partial charge on any atom is -0.427 e.